The molecule has 0 fully saturated rings. The van der Waals surface area contributed by atoms with Gasteiger partial charge in [0.25, 0.3) is 0 Å². The zero-order valence-electron chi connectivity index (χ0n) is 17.9. The SMILES string of the molecule is CCc1ccc(NC(=O)[C@H]2Sc3nnc(-c4ccccc4)n3N[C@@H]2c2ccc(F)cc2)cc1. The van der Waals surface area contributed by atoms with E-state index in [1.54, 1.807) is 16.8 Å². The first kappa shape index (κ1) is 21.2. The van der Waals surface area contributed by atoms with Crippen LogP contribution in [0.4, 0.5) is 10.1 Å². The van der Waals surface area contributed by atoms with E-state index in [0.29, 0.717) is 11.0 Å². The van der Waals surface area contributed by atoms with Crippen molar-refractivity contribution in [2.24, 2.45) is 0 Å². The molecule has 1 aliphatic rings. The van der Waals surface area contributed by atoms with Crippen LogP contribution in [0.15, 0.2) is 84.0 Å². The van der Waals surface area contributed by atoms with Crippen LogP contribution in [0.5, 0.6) is 0 Å². The summed E-state index contributed by atoms with van der Waals surface area (Å²) >= 11 is 1.34. The zero-order valence-corrected chi connectivity index (χ0v) is 18.7. The molecule has 1 amide bonds. The Morgan fingerprint density at radius 3 is 2.45 bits per heavy atom. The van der Waals surface area contributed by atoms with Gasteiger partial charge in [-0.25, -0.2) is 9.07 Å². The third-order valence-electron chi connectivity index (χ3n) is 5.59. The van der Waals surface area contributed by atoms with Gasteiger partial charge in [-0.05, 0) is 41.8 Å². The topological polar surface area (TPSA) is 71.8 Å². The first-order valence-electron chi connectivity index (χ1n) is 10.7. The second-order valence-corrected chi connectivity index (χ2v) is 8.85. The fraction of sp³-hybridized carbons (Fsp3) is 0.160. The summed E-state index contributed by atoms with van der Waals surface area (Å²) in [5.74, 6) is 0.162. The number of aryl methyl sites for hydroxylation is 1. The number of nitrogens with one attached hydrogen (secondary N) is 2. The van der Waals surface area contributed by atoms with Gasteiger partial charge >= 0.3 is 0 Å². The number of benzene rings is 3. The van der Waals surface area contributed by atoms with Crippen molar-refractivity contribution in [2.75, 3.05) is 10.7 Å². The molecule has 0 saturated heterocycles. The highest BCUT2D eigenvalue weighted by atomic mass is 32.2. The summed E-state index contributed by atoms with van der Waals surface area (Å²) in [6.45, 7) is 2.09. The maximum Gasteiger partial charge on any atom is 0.240 e. The average Bonchev–Trinajstić information content (AvgIpc) is 3.28. The smallest absolute Gasteiger partial charge is 0.240 e. The normalized spacial score (nSPS) is 17.2. The summed E-state index contributed by atoms with van der Waals surface area (Å²) in [7, 11) is 0. The number of carbonyl (C=O) groups excluding carboxylic acids is 1. The maximum absolute atomic E-state index is 13.6. The van der Waals surface area contributed by atoms with Gasteiger partial charge in [-0.3, -0.25) is 4.79 Å². The van der Waals surface area contributed by atoms with Crippen LogP contribution in [0.25, 0.3) is 11.4 Å². The third-order valence-corrected chi connectivity index (χ3v) is 6.80. The molecular weight excluding hydrogens is 437 g/mol. The minimum absolute atomic E-state index is 0.165. The summed E-state index contributed by atoms with van der Waals surface area (Å²) in [5.41, 5.74) is 7.03. The lowest BCUT2D eigenvalue weighted by Crippen LogP contribution is -2.41. The average molecular weight is 460 g/mol. The highest BCUT2D eigenvalue weighted by Crippen LogP contribution is 2.39. The number of hydrogen-bond donors (Lipinski definition) is 2. The number of amides is 1. The summed E-state index contributed by atoms with van der Waals surface area (Å²) in [6.07, 6.45) is 0.933. The van der Waals surface area contributed by atoms with Crippen LogP contribution in [0.3, 0.4) is 0 Å². The highest BCUT2D eigenvalue weighted by molar-refractivity contribution is 8.00. The van der Waals surface area contributed by atoms with Crippen LogP contribution in [-0.4, -0.2) is 26.0 Å². The molecule has 2 atom stereocenters. The minimum Gasteiger partial charge on any atom is -0.325 e. The Morgan fingerprint density at radius 1 is 1.03 bits per heavy atom. The molecule has 0 radical (unpaired) electrons. The largest absolute Gasteiger partial charge is 0.325 e. The molecule has 2 heterocycles. The second kappa shape index (κ2) is 9.07. The van der Waals surface area contributed by atoms with Crippen molar-refractivity contribution in [3.8, 4) is 11.4 Å². The van der Waals surface area contributed by atoms with Gasteiger partial charge in [0.2, 0.25) is 11.1 Å². The molecule has 0 spiro atoms. The van der Waals surface area contributed by atoms with Crippen molar-refractivity contribution >= 4 is 23.4 Å². The number of hydrogen-bond acceptors (Lipinski definition) is 5. The van der Waals surface area contributed by atoms with Gasteiger partial charge < -0.3 is 10.7 Å². The van der Waals surface area contributed by atoms with Crippen LogP contribution in [0.2, 0.25) is 0 Å². The Balaban J connectivity index is 1.48. The molecule has 2 N–H and O–H groups in total. The lowest BCUT2D eigenvalue weighted by Gasteiger charge is -2.33. The van der Waals surface area contributed by atoms with Crippen molar-refractivity contribution < 1.29 is 9.18 Å². The number of fused-ring (bicyclic) bond motifs is 1. The number of halogens is 1. The van der Waals surface area contributed by atoms with E-state index < -0.39 is 11.3 Å². The molecular formula is C25H22FN5OS. The highest BCUT2D eigenvalue weighted by Gasteiger charge is 2.38. The molecule has 33 heavy (non-hydrogen) atoms. The van der Waals surface area contributed by atoms with Gasteiger partial charge in [-0.15, -0.1) is 10.2 Å². The van der Waals surface area contributed by atoms with Gasteiger partial charge in [0.05, 0.1) is 6.04 Å². The molecule has 8 heteroatoms. The van der Waals surface area contributed by atoms with E-state index in [2.05, 4.69) is 27.9 Å². The predicted molar refractivity (Wildman–Crippen MR) is 128 cm³/mol. The zero-order chi connectivity index (χ0) is 22.8. The fourth-order valence-electron chi connectivity index (χ4n) is 3.79. The Hall–Kier alpha value is -3.65. The van der Waals surface area contributed by atoms with Gasteiger partial charge in [0, 0.05) is 11.3 Å². The van der Waals surface area contributed by atoms with Crippen molar-refractivity contribution in [1.29, 1.82) is 0 Å². The summed E-state index contributed by atoms with van der Waals surface area (Å²) in [4.78, 5) is 13.4. The van der Waals surface area contributed by atoms with Crippen LogP contribution in [0.1, 0.15) is 24.1 Å². The minimum atomic E-state index is -0.540. The molecule has 166 valence electrons. The first-order valence-corrected chi connectivity index (χ1v) is 11.6. The van der Waals surface area contributed by atoms with Crippen LogP contribution >= 0.6 is 11.8 Å². The molecule has 0 saturated carbocycles. The van der Waals surface area contributed by atoms with E-state index in [9.17, 15) is 9.18 Å². The number of rotatable bonds is 5. The van der Waals surface area contributed by atoms with E-state index >= 15 is 0 Å². The number of anilines is 1. The van der Waals surface area contributed by atoms with E-state index in [0.717, 1.165) is 23.2 Å². The second-order valence-electron chi connectivity index (χ2n) is 7.74. The molecule has 3 aromatic carbocycles. The molecule has 6 nitrogen and oxygen atoms in total. The van der Waals surface area contributed by atoms with Crippen LogP contribution in [-0.2, 0) is 11.2 Å². The molecule has 0 aliphatic carbocycles. The monoisotopic (exact) mass is 459 g/mol. The van der Waals surface area contributed by atoms with Crippen molar-refractivity contribution in [3.63, 3.8) is 0 Å². The first-order chi connectivity index (χ1) is 16.1. The van der Waals surface area contributed by atoms with Crippen LogP contribution < -0.4 is 10.7 Å². The summed E-state index contributed by atoms with van der Waals surface area (Å²) < 4.78 is 15.4. The van der Waals surface area contributed by atoms with Crippen LogP contribution in [0, 0.1) is 5.82 Å². The summed E-state index contributed by atoms with van der Waals surface area (Å²) in [5, 5.41) is 11.7. The number of thioether (sulfide) groups is 1. The van der Waals surface area contributed by atoms with Gasteiger partial charge in [0.15, 0.2) is 5.82 Å². The third kappa shape index (κ3) is 4.34. The van der Waals surface area contributed by atoms with Gasteiger partial charge in [-0.1, -0.05) is 73.3 Å². The molecule has 5 rings (SSSR count). The van der Waals surface area contributed by atoms with E-state index in [-0.39, 0.29) is 11.7 Å². The van der Waals surface area contributed by atoms with Crippen molar-refractivity contribution in [3.05, 3.63) is 95.8 Å². The van der Waals surface area contributed by atoms with E-state index in [1.807, 2.05) is 54.6 Å². The standard InChI is InChI=1S/C25H22FN5OS/c1-2-16-8-14-20(15-9-16)27-24(32)22-21(17-10-12-19(26)13-11-17)30-31-23(28-29-25(31)33-22)18-6-4-3-5-7-18/h3-15,21-22,30H,2H2,1H3,(H,27,32)/t21-,22+/m1/s1. The Labute approximate surface area is 195 Å². The molecule has 0 unspecified atom stereocenters. The molecule has 0 bridgehead atoms. The summed E-state index contributed by atoms with van der Waals surface area (Å²) in [6, 6.07) is 23.3. The number of nitrogens with zero attached hydrogens (tertiary/aromatic N) is 3. The lowest BCUT2D eigenvalue weighted by atomic mass is 10.0. The van der Waals surface area contributed by atoms with E-state index in [4.69, 9.17) is 0 Å². The lowest BCUT2D eigenvalue weighted by molar-refractivity contribution is -0.116. The van der Waals surface area contributed by atoms with Gasteiger partial charge in [0.1, 0.15) is 11.1 Å². The van der Waals surface area contributed by atoms with E-state index in [1.165, 1.54) is 29.5 Å². The molecule has 1 aromatic heterocycles. The number of carbonyl (C=O) groups is 1. The van der Waals surface area contributed by atoms with Gasteiger partial charge in [-0.2, -0.15) is 0 Å². The quantitative estimate of drug-likeness (QED) is 0.437. The predicted octanol–water partition coefficient (Wildman–Crippen LogP) is 5.04. The van der Waals surface area contributed by atoms with Crippen molar-refractivity contribution in [2.45, 2.75) is 29.8 Å². The molecule has 4 aromatic rings. The number of aromatic nitrogens is 3. The Bertz CT molecular complexity index is 1260. The Kier molecular flexibility index (Phi) is 5.83. The molecule has 1 aliphatic heterocycles. The Morgan fingerprint density at radius 2 is 1.76 bits per heavy atom. The maximum atomic E-state index is 13.6. The fourth-order valence-corrected chi connectivity index (χ4v) is 4.87. The van der Waals surface area contributed by atoms with Crippen molar-refractivity contribution in [1.82, 2.24) is 14.9 Å².